The van der Waals surface area contributed by atoms with Gasteiger partial charge >= 0.3 is 0 Å². The summed E-state index contributed by atoms with van der Waals surface area (Å²) in [6.07, 6.45) is 5.67. The largest absolute Gasteiger partial charge is 1.00 e. The molecule has 1 heterocycles. The minimum atomic E-state index is 0. The van der Waals surface area contributed by atoms with Crippen LogP contribution in [0.1, 0.15) is 17.3 Å². The highest BCUT2D eigenvalue weighted by Crippen LogP contribution is 2.13. The summed E-state index contributed by atoms with van der Waals surface area (Å²) in [4.78, 5) is 12.1. The first-order valence-electron chi connectivity index (χ1n) is 5.96. The number of aryl methyl sites for hydroxylation is 1. The van der Waals surface area contributed by atoms with Crippen molar-refractivity contribution in [3.63, 3.8) is 0 Å². The van der Waals surface area contributed by atoms with E-state index in [1.807, 2.05) is 60.0 Å². The Hall–Kier alpha value is -1.62. The van der Waals surface area contributed by atoms with Crippen LogP contribution in [-0.4, -0.2) is 17.0 Å². The van der Waals surface area contributed by atoms with Crippen molar-refractivity contribution in [3.05, 3.63) is 48.5 Å². The number of aromatic nitrogens is 2. The number of nitrogens with zero attached hydrogens (tertiary/aromatic N) is 2. The smallest absolute Gasteiger partial charge is 0.243 e. The highest BCUT2D eigenvalue weighted by atomic mass is 79.9. The summed E-state index contributed by atoms with van der Waals surface area (Å²) >= 11 is 0. The zero-order valence-electron chi connectivity index (χ0n) is 11.0. The Kier molecular flexibility index (Phi) is 5.76. The molecule has 2 aromatic rings. The number of Topliss-reactive ketones (excluding diaryl/α,β-unsaturated/α-hetero) is 1. The fourth-order valence-corrected chi connectivity index (χ4v) is 1.78. The topological polar surface area (TPSA) is 35.1 Å². The Bertz CT molecular complexity index is 552. The maximum Gasteiger partial charge on any atom is 0.243 e. The summed E-state index contributed by atoms with van der Waals surface area (Å²) in [6.45, 7) is 2.87. The van der Waals surface area contributed by atoms with Crippen molar-refractivity contribution in [2.24, 2.45) is 7.05 Å². The Labute approximate surface area is 123 Å². The summed E-state index contributed by atoms with van der Waals surface area (Å²) in [6, 6.07) is 7.30. The van der Waals surface area contributed by atoms with E-state index < -0.39 is 0 Å². The van der Waals surface area contributed by atoms with Gasteiger partial charge in [0.25, 0.3) is 0 Å². The first kappa shape index (κ1) is 15.4. The third-order valence-corrected chi connectivity index (χ3v) is 2.62. The van der Waals surface area contributed by atoms with Gasteiger partial charge in [0.1, 0.15) is 18.1 Å². The second-order valence-corrected chi connectivity index (χ2v) is 4.14. The Morgan fingerprint density at radius 1 is 1.42 bits per heavy atom. The van der Waals surface area contributed by atoms with Gasteiger partial charge in [0, 0.05) is 5.56 Å². The van der Waals surface area contributed by atoms with E-state index in [2.05, 4.69) is 0 Å². The summed E-state index contributed by atoms with van der Waals surface area (Å²) in [7, 11) is 1.93. The van der Waals surface area contributed by atoms with Crippen LogP contribution in [-0.2, 0) is 13.6 Å². The van der Waals surface area contributed by atoms with Crippen molar-refractivity contribution in [1.29, 1.82) is 0 Å². The number of halogens is 1. The van der Waals surface area contributed by atoms with Crippen LogP contribution in [0, 0.1) is 0 Å². The maximum absolute atomic E-state index is 12.1. The van der Waals surface area contributed by atoms with E-state index in [0.717, 1.165) is 5.75 Å². The van der Waals surface area contributed by atoms with Gasteiger partial charge in [-0.1, -0.05) is 12.1 Å². The number of ketones is 1. The van der Waals surface area contributed by atoms with Crippen LogP contribution < -0.4 is 26.3 Å². The van der Waals surface area contributed by atoms with Crippen molar-refractivity contribution < 1.29 is 31.1 Å². The normalized spacial score (nSPS) is 9.79. The number of benzene rings is 1. The molecule has 0 atom stereocenters. The maximum atomic E-state index is 12.1. The fourth-order valence-electron chi connectivity index (χ4n) is 1.78. The molecular formula is C14H17BrN2O2. The van der Waals surface area contributed by atoms with Gasteiger partial charge in [0.15, 0.2) is 6.54 Å². The number of rotatable bonds is 5. The van der Waals surface area contributed by atoms with E-state index in [1.54, 1.807) is 6.07 Å². The predicted octanol–water partition coefficient (Wildman–Crippen LogP) is -1.40. The molecule has 0 amide bonds. The van der Waals surface area contributed by atoms with Crippen molar-refractivity contribution in [3.8, 4) is 5.75 Å². The van der Waals surface area contributed by atoms with Gasteiger partial charge < -0.3 is 21.7 Å². The standard InChI is InChI=1S/C14H17N2O2.BrH/c1-3-18-13-6-4-5-12(9-13)14(17)10-16-8-7-15(2)11-16;/h4-9,11H,3,10H2,1-2H3;1H/q+1;/p-1. The van der Waals surface area contributed by atoms with E-state index in [-0.39, 0.29) is 22.8 Å². The van der Waals surface area contributed by atoms with Gasteiger partial charge in [0.2, 0.25) is 12.1 Å². The van der Waals surface area contributed by atoms with Gasteiger partial charge in [-0.25, -0.2) is 9.13 Å². The van der Waals surface area contributed by atoms with E-state index in [9.17, 15) is 4.79 Å². The fraction of sp³-hybridized carbons (Fsp3) is 0.286. The molecule has 0 aliphatic carbocycles. The molecular weight excluding hydrogens is 308 g/mol. The molecule has 0 unspecified atom stereocenters. The zero-order valence-corrected chi connectivity index (χ0v) is 12.6. The molecule has 0 aliphatic rings. The lowest BCUT2D eigenvalue weighted by molar-refractivity contribution is -0.682. The second-order valence-electron chi connectivity index (χ2n) is 4.14. The molecule has 0 saturated carbocycles. The predicted molar refractivity (Wildman–Crippen MR) is 67.5 cm³/mol. The molecule has 5 heteroatoms. The first-order chi connectivity index (χ1) is 8.69. The third-order valence-electron chi connectivity index (χ3n) is 2.62. The molecule has 1 aromatic heterocycles. The van der Waals surface area contributed by atoms with Crippen LogP contribution in [0.5, 0.6) is 5.75 Å². The lowest BCUT2D eigenvalue weighted by Crippen LogP contribution is -3.00. The number of ether oxygens (including phenoxy) is 1. The minimum absolute atomic E-state index is 0. The summed E-state index contributed by atoms with van der Waals surface area (Å²) < 4.78 is 9.15. The molecule has 0 fully saturated rings. The Morgan fingerprint density at radius 3 is 2.84 bits per heavy atom. The van der Waals surface area contributed by atoms with Crippen molar-refractivity contribution in [1.82, 2.24) is 4.57 Å². The number of hydrogen-bond acceptors (Lipinski definition) is 2. The highest BCUT2D eigenvalue weighted by molar-refractivity contribution is 5.95. The van der Waals surface area contributed by atoms with E-state index in [0.29, 0.717) is 18.7 Å². The number of imidazole rings is 1. The molecule has 0 radical (unpaired) electrons. The molecule has 0 saturated heterocycles. The lowest BCUT2D eigenvalue weighted by Gasteiger charge is -2.04. The zero-order chi connectivity index (χ0) is 13.0. The Morgan fingerprint density at radius 2 is 2.21 bits per heavy atom. The Balaban J connectivity index is 0.00000180. The van der Waals surface area contributed by atoms with Gasteiger partial charge in [-0.2, -0.15) is 0 Å². The average Bonchev–Trinajstić information content (AvgIpc) is 2.75. The second kappa shape index (κ2) is 7.09. The van der Waals surface area contributed by atoms with Crippen molar-refractivity contribution in [2.75, 3.05) is 6.61 Å². The van der Waals surface area contributed by atoms with Crippen LogP contribution in [0.3, 0.4) is 0 Å². The quantitative estimate of drug-likeness (QED) is 0.501. The SMILES string of the molecule is CCOc1cccc(C(=O)C[n+]2ccn(C)c2)c1.[Br-]. The van der Waals surface area contributed by atoms with Crippen LogP contribution in [0.15, 0.2) is 43.0 Å². The highest BCUT2D eigenvalue weighted by Gasteiger charge is 2.11. The van der Waals surface area contributed by atoms with Gasteiger partial charge in [0.05, 0.1) is 13.7 Å². The van der Waals surface area contributed by atoms with Gasteiger partial charge in [-0.3, -0.25) is 4.79 Å². The van der Waals surface area contributed by atoms with Crippen molar-refractivity contribution in [2.45, 2.75) is 13.5 Å². The molecule has 1 aromatic carbocycles. The summed E-state index contributed by atoms with van der Waals surface area (Å²) in [5.41, 5.74) is 0.678. The average molecular weight is 325 g/mol. The minimum Gasteiger partial charge on any atom is -1.00 e. The summed E-state index contributed by atoms with van der Waals surface area (Å²) in [5, 5.41) is 0. The van der Waals surface area contributed by atoms with E-state index in [1.165, 1.54) is 0 Å². The molecule has 0 aliphatic heterocycles. The van der Waals surface area contributed by atoms with E-state index in [4.69, 9.17) is 4.74 Å². The monoisotopic (exact) mass is 324 g/mol. The molecule has 0 bridgehead atoms. The molecule has 4 nitrogen and oxygen atoms in total. The lowest BCUT2D eigenvalue weighted by atomic mass is 10.1. The molecule has 0 N–H and O–H groups in total. The number of hydrogen-bond donors (Lipinski definition) is 0. The number of carbonyl (C=O) groups excluding carboxylic acids is 1. The molecule has 19 heavy (non-hydrogen) atoms. The van der Waals surface area contributed by atoms with Gasteiger partial charge in [-0.05, 0) is 19.1 Å². The van der Waals surface area contributed by atoms with Crippen LogP contribution in [0.25, 0.3) is 0 Å². The number of carbonyl (C=O) groups is 1. The molecule has 0 spiro atoms. The van der Waals surface area contributed by atoms with Crippen LogP contribution in [0.4, 0.5) is 0 Å². The van der Waals surface area contributed by atoms with Crippen LogP contribution in [0.2, 0.25) is 0 Å². The van der Waals surface area contributed by atoms with Crippen LogP contribution >= 0.6 is 0 Å². The molecule has 2 rings (SSSR count). The molecule has 102 valence electrons. The third kappa shape index (κ3) is 4.21. The van der Waals surface area contributed by atoms with Crippen molar-refractivity contribution >= 4 is 5.78 Å². The summed E-state index contributed by atoms with van der Waals surface area (Å²) in [5.74, 6) is 0.814. The van der Waals surface area contributed by atoms with E-state index >= 15 is 0 Å². The first-order valence-corrected chi connectivity index (χ1v) is 5.96. The van der Waals surface area contributed by atoms with Gasteiger partial charge in [-0.15, -0.1) is 0 Å².